The number of carbonyl (C=O) groups excluding carboxylic acids is 1. The first-order valence-corrected chi connectivity index (χ1v) is 4.26. The van der Waals surface area contributed by atoms with Crippen LogP contribution in [0, 0.1) is 17.6 Å². The predicted octanol–water partition coefficient (Wildman–Crippen LogP) is 2.56. The molecule has 0 aromatic heterocycles. The molecule has 1 N–H and O–H groups in total. The molecule has 1 aromatic carbocycles. The van der Waals surface area contributed by atoms with Crippen molar-refractivity contribution in [1.29, 1.82) is 0 Å². The smallest absolute Gasteiger partial charge is 0.227 e. The van der Waals surface area contributed by atoms with Crippen molar-refractivity contribution >= 4 is 11.6 Å². The van der Waals surface area contributed by atoms with Gasteiger partial charge in [0, 0.05) is 12.0 Å². The first-order valence-electron chi connectivity index (χ1n) is 4.26. The summed E-state index contributed by atoms with van der Waals surface area (Å²) in [6.45, 7) is 3.35. The van der Waals surface area contributed by atoms with E-state index in [1.807, 2.05) is 0 Å². The van der Waals surface area contributed by atoms with Crippen molar-refractivity contribution in [3.63, 3.8) is 0 Å². The number of amides is 1. The van der Waals surface area contributed by atoms with Gasteiger partial charge in [-0.05, 0) is 12.1 Å². The third-order valence-corrected chi connectivity index (χ3v) is 1.71. The van der Waals surface area contributed by atoms with Gasteiger partial charge in [-0.3, -0.25) is 4.79 Å². The average molecular weight is 199 g/mol. The van der Waals surface area contributed by atoms with E-state index in [9.17, 15) is 13.6 Å². The van der Waals surface area contributed by atoms with Gasteiger partial charge in [-0.15, -0.1) is 0 Å². The molecule has 0 fully saturated rings. The molecule has 2 nitrogen and oxygen atoms in total. The summed E-state index contributed by atoms with van der Waals surface area (Å²) < 4.78 is 25.7. The minimum Gasteiger partial charge on any atom is -0.323 e. The van der Waals surface area contributed by atoms with E-state index in [-0.39, 0.29) is 17.5 Å². The molecule has 0 aliphatic carbocycles. The van der Waals surface area contributed by atoms with Crippen molar-refractivity contribution < 1.29 is 13.6 Å². The van der Waals surface area contributed by atoms with E-state index >= 15 is 0 Å². The van der Waals surface area contributed by atoms with E-state index in [1.165, 1.54) is 0 Å². The molecule has 1 aromatic rings. The highest BCUT2D eigenvalue weighted by Crippen LogP contribution is 2.15. The lowest BCUT2D eigenvalue weighted by Gasteiger charge is -2.08. The zero-order chi connectivity index (χ0) is 10.7. The monoisotopic (exact) mass is 199 g/mol. The van der Waals surface area contributed by atoms with Gasteiger partial charge >= 0.3 is 0 Å². The molecule has 0 bridgehead atoms. The number of halogens is 2. The summed E-state index contributed by atoms with van der Waals surface area (Å²) in [5, 5.41) is 2.30. The van der Waals surface area contributed by atoms with E-state index in [1.54, 1.807) is 13.8 Å². The summed E-state index contributed by atoms with van der Waals surface area (Å²) in [4.78, 5) is 11.2. The van der Waals surface area contributed by atoms with Crippen LogP contribution in [0.5, 0.6) is 0 Å². The van der Waals surface area contributed by atoms with Gasteiger partial charge in [-0.2, -0.15) is 0 Å². The van der Waals surface area contributed by atoms with Crippen molar-refractivity contribution in [3.05, 3.63) is 29.8 Å². The molecule has 76 valence electrons. The standard InChI is InChI=1S/C10H11F2NO/c1-6(2)10(14)13-9-5-7(11)3-4-8(9)12/h3-6H,1-2H3,(H,13,14). The number of anilines is 1. The SMILES string of the molecule is CC(C)C(=O)Nc1cc(F)ccc1F. The van der Waals surface area contributed by atoms with Crippen LogP contribution in [0.15, 0.2) is 18.2 Å². The minimum atomic E-state index is -0.639. The lowest BCUT2D eigenvalue weighted by atomic mass is 10.2. The molecular weight excluding hydrogens is 188 g/mol. The molecule has 1 amide bonds. The van der Waals surface area contributed by atoms with Crippen molar-refractivity contribution in [2.24, 2.45) is 5.92 Å². The van der Waals surface area contributed by atoms with Crippen LogP contribution in [-0.2, 0) is 4.79 Å². The molecule has 4 heteroatoms. The summed E-state index contributed by atoms with van der Waals surface area (Å²) in [5.74, 6) is -1.82. The molecule has 1 rings (SSSR count). The van der Waals surface area contributed by atoms with Crippen molar-refractivity contribution in [2.75, 3.05) is 5.32 Å². The second kappa shape index (κ2) is 4.17. The van der Waals surface area contributed by atoms with Crippen LogP contribution in [0.25, 0.3) is 0 Å². The van der Waals surface area contributed by atoms with Gasteiger partial charge < -0.3 is 5.32 Å². The van der Waals surface area contributed by atoms with Gasteiger partial charge in [0.15, 0.2) is 0 Å². The second-order valence-corrected chi connectivity index (χ2v) is 3.27. The molecule has 0 saturated carbocycles. The van der Waals surface area contributed by atoms with Crippen molar-refractivity contribution in [1.82, 2.24) is 0 Å². The van der Waals surface area contributed by atoms with Crippen LogP contribution in [0.1, 0.15) is 13.8 Å². The normalized spacial score (nSPS) is 10.4. The largest absolute Gasteiger partial charge is 0.323 e. The number of hydrogen-bond acceptors (Lipinski definition) is 1. The topological polar surface area (TPSA) is 29.1 Å². The first-order chi connectivity index (χ1) is 6.50. The molecule has 0 saturated heterocycles. The van der Waals surface area contributed by atoms with E-state index < -0.39 is 11.6 Å². The molecular formula is C10H11F2NO. The molecule has 0 unspecified atom stereocenters. The van der Waals surface area contributed by atoms with Gasteiger partial charge in [0.05, 0.1) is 5.69 Å². The Hall–Kier alpha value is -1.45. The number of benzene rings is 1. The van der Waals surface area contributed by atoms with Gasteiger partial charge in [-0.25, -0.2) is 8.78 Å². The second-order valence-electron chi connectivity index (χ2n) is 3.27. The summed E-state index contributed by atoms with van der Waals surface area (Å²) in [6.07, 6.45) is 0. The molecule has 14 heavy (non-hydrogen) atoms. The third-order valence-electron chi connectivity index (χ3n) is 1.71. The van der Waals surface area contributed by atoms with Gasteiger partial charge in [-0.1, -0.05) is 13.8 Å². The Morgan fingerprint density at radius 3 is 2.57 bits per heavy atom. The van der Waals surface area contributed by atoms with Crippen LogP contribution in [0.4, 0.5) is 14.5 Å². The quantitative estimate of drug-likeness (QED) is 0.779. The molecule has 0 spiro atoms. The molecule has 0 atom stereocenters. The fourth-order valence-electron chi connectivity index (χ4n) is 0.870. The maximum Gasteiger partial charge on any atom is 0.227 e. The highest BCUT2D eigenvalue weighted by atomic mass is 19.1. The van der Waals surface area contributed by atoms with Crippen LogP contribution in [0.3, 0.4) is 0 Å². The van der Waals surface area contributed by atoms with Crippen LogP contribution < -0.4 is 5.32 Å². The Labute approximate surface area is 80.9 Å². The number of carbonyl (C=O) groups is 1. The molecule has 0 radical (unpaired) electrons. The maximum atomic E-state index is 13.0. The Kier molecular flexibility index (Phi) is 3.17. The van der Waals surface area contributed by atoms with Crippen LogP contribution >= 0.6 is 0 Å². The van der Waals surface area contributed by atoms with Gasteiger partial charge in [0.2, 0.25) is 5.91 Å². The zero-order valence-electron chi connectivity index (χ0n) is 7.97. The van der Waals surface area contributed by atoms with Gasteiger partial charge in [0.1, 0.15) is 11.6 Å². The lowest BCUT2D eigenvalue weighted by molar-refractivity contribution is -0.118. The van der Waals surface area contributed by atoms with Crippen molar-refractivity contribution in [2.45, 2.75) is 13.8 Å². The maximum absolute atomic E-state index is 13.0. The Bertz CT molecular complexity index is 350. The fourth-order valence-corrected chi connectivity index (χ4v) is 0.870. The highest BCUT2D eigenvalue weighted by Gasteiger charge is 2.10. The summed E-state index contributed by atoms with van der Waals surface area (Å²) in [7, 11) is 0. The van der Waals surface area contributed by atoms with Gasteiger partial charge in [0.25, 0.3) is 0 Å². The van der Waals surface area contributed by atoms with Crippen molar-refractivity contribution in [3.8, 4) is 0 Å². The number of hydrogen-bond donors (Lipinski definition) is 1. The summed E-state index contributed by atoms with van der Waals surface area (Å²) in [5.41, 5.74) is -0.122. The number of rotatable bonds is 2. The van der Waals surface area contributed by atoms with Crippen LogP contribution in [-0.4, -0.2) is 5.91 Å². The fraction of sp³-hybridized carbons (Fsp3) is 0.300. The van der Waals surface area contributed by atoms with E-state index in [4.69, 9.17) is 0 Å². The lowest BCUT2D eigenvalue weighted by Crippen LogP contribution is -2.18. The van der Waals surface area contributed by atoms with Crippen LogP contribution in [0.2, 0.25) is 0 Å². The molecule has 0 aliphatic heterocycles. The van der Waals surface area contributed by atoms with E-state index in [0.717, 1.165) is 18.2 Å². The molecule has 0 heterocycles. The molecule has 0 aliphatic rings. The Morgan fingerprint density at radius 2 is 2.00 bits per heavy atom. The predicted molar refractivity (Wildman–Crippen MR) is 49.8 cm³/mol. The third kappa shape index (κ3) is 2.52. The highest BCUT2D eigenvalue weighted by molar-refractivity contribution is 5.92. The van der Waals surface area contributed by atoms with E-state index in [2.05, 4.69) is 5.32 Å². The Morgan fingerprint density at radius 1 is 1.36 bits per heavy atom. The summed E-state index contributed by atoms with van der Waals surface area (Å²) in [6, 6.07) is 2.93. The average Bonchev–Trinajstić information content (AvgIpc) is 2.11. The Balaban J connectivity index is 2.86. The number of nitrogens with one attached hydrogen (secondary N) is 1. The zero-order valence-corrected chi connectivity index (χ0v) is 7.97. The first kappa shape index (κ1) is 10.6. The summed E-state index contributed by atoms with van der Waals surface area (Å²) >= 11 is 0. The van der Waals surface area contributed by atoms with E-state index in [0.29, 0.717) is 0 Å². The minimum absolute atomic E-state index is 0.122.